The second kappa shape index (κ2) is 3.60. The van der Waals surface area contributed by atoms with Crippen molar-refractivity contribution in [3.63, 3.8) is 0 Å². The number of carbonyl (C=O) groups is 1. The average Bonchev–Trinajstić information content (AvgIpc) is 1.82. The molecule has 0 aliphatic rings. The molecule has 0 saturated heterocycles. The van der Waals surface area contributed by atoms with E-state index in [0.29, 0.717) is 0 Å². The van der Waals surface area contributed by atoms with E-state index in [2.05, 4.69) is 18.2 Å². The summed E-state index contributed by atoms with van der Waals surface area (Å²) >= 11 is 0. The minimum atomic E-state index is -1.07. The summed E-state index contributed by atoms with van der Waals surface area (Å²) < 4.78 is 0. The van der Waals surface area contributed by atoms with E-state index in [9.17, 15) is 4.79 Å². The van der Waals surface area contributed by atoms with Crippen molar-refractivity contribution in [2.75, 3.05) is 0 Å². The van der Waals surface area contributed by atoms with Gasteiger partial charge in [-0.05, 0) is 0 Å². The second-order valence-corrected chi connectivity index (χ2v) is 1.29. The van der Waals surface area contributed by atoms with Gasteiger partial charge in [0.2, 0.25) is 0 Å². The Kier molecular flexibility index (Phi) is 3.05. The SMILES string of the molecule is C=CN=CC(=C)C(=O)O. The van der Waals surface area contributed by atoms with E-state index >= 15 is 0 Å². The molecule has 0 rings (SSSR count). The maximum Gasteiger partial charge on any atom is 0.336 e. The summed E-state index contributed by atoms with van der Waals surface area (Å²) in [5.41, 5.74) is -0.0464. The smallest absolute Gasteiger partial charge is 0.336 e. The van der Waals surface area contributed by atoms with E-state index < -0.39 is 5.97 Å². The maximum absolute atomic E-state index is 9.98. The molecule has 0 amide bonds. The van der Waals surface area contributed by atoms with E-state index in [1.165, 1.54) is 6.20 Å². The molecule has 0 spiro atoms. The van der Waals surface area contributed by atoms with Crippen LogP contribution in [0.5, 0.6) is 0 Å². The van der Waals surface area contributed by atoms with Crippen LogP contribution in [0.1, 0.15) is 0 Å². The van der Waals surface area contributed by atoms with Crippen molar-refractivity contribution >= 4 is 12.2 Å². The molecular formula is C6H7NO2. The lowest BCUT2D eigenvalue weighted by molar-refractivity contribution is -0.131. The molecule has 0 aromatic rings. The van der Waals surface area contributed by atoms with Crippen molar-refractivity contribution in [3.8, 4) is 0 Å². The lowest BCUT2D eigenvalue weighted by Gasteiger charge is -1.84. The number of hydrogen-bond acceptors (Lipinski definition) is 2. The van der Waals surface area contributed by atoms with E-state index in [1.54, 1.807) is 0 Å². The molecule has 0 radical (unpaired) electrons. The van der Waals surface area contributed by atoms with Crippen molar-refractivity contribution in [1.29, 1.82) is 0 Å². The van der Waals surface area contributed by atoms with Crippen LogP contribution < -0.4 is 0 Å². The van der Waals surface area contributed by atoms with Crippen LogP contribution in [0.3, 0.4) is 0 Å². The maximum atomic E-state index is 9.98. The molecule has 0 saturated carbocycles. The van der Waals surface area contributed by atoms with Crippen LogP contribution in [0.4, 0.5) is 0 Å². The van der Waals surface area contributed by atoms with Crippen LogP contribution in [0.2, 0.25) is 0 Å². The van der Waals surface area contributed by atoms with Crippen molar-refractivity contribution in [2.24, 2.45) is 4.99 Å². The highest BCUT2D eigenvalue weighted by molar-refractivity contribution is 6.07. The van der Waals surface area contributed by atoms with E-state index in [0.717, 1.165) is 6.21 Å². The number of aliphatic imine (C=N–C) groups is 1. The van der Waals surface area contributed by atoms with Gasteiger partial charge < -0.3 is 5.11 Å². The lowest BCUT2D eigenvalue weighted by atomic mass is 10.3. The molecule has 48 valence electrons. The highest BCUT2D eigenvalue weighted by Crippen LogP contribution is 1.83. The van der Waals surface area contributed by atoms with Crippen LogP contribution in [-0.4, -0.2) is 17.3 Å². The molecule has 0 bridgehead atoms. The van der Waals surface area contributed by atoms with Gasteiger partial charge in [-0.15, -0.1) is 0 Å². The van der Waals surface area contributed by atoms with Crippen molar-refractivity contribution < 1.29 is 9.90 Å². The normalized spacial score (nSPS) is 9.33. The Hall–Kier alpha value is -1.38. The van der Waals surface area contributed by atoms with Crippen LogP contribution in [0, 0.1) is 0 Å². The van der Waals surface area contributed by atoms with Crippen LogP contribution >= 0.6 is 0 Å². The average molecular weight is 125 g/mol. The quantitative estimate of drug-likeness (QED) is 0.449. The van der Waals surface area contributed by atoms with Crippen LogP contribution in [0.15, 0.2) is 29.9 Å². The first-order valence-electron chi connectivity index (χ1n) is 2.24. The van der Waals surface area contributed by atoms with Gasteiger partial charge in [0.05, 0.1) is 5.57 Å². The number of carboxylic acids is 1. The molecule has 3 heteroatoms. The first kappa shape index (κ1) is 7.62. The third-order valence-electron chi connectivity index (χ3n) is 0.610. The topological polar surface area (TPSA) is 49.7 Å². The molecule has 3 nitrogen and oxygen atoms in total. The third-order valence-corrected chi connectivity index (χ3v) is 0.610. The van der Waals surface area contributed by atoms with E-state index in [4.69, 9.17) is 5.11 Å². The number of rotatable bonds is 3. The standard InChI is InChI=1S/C6H7NO2/c1-3-7-4-5(2)6(8)9/h3-4H,1-2H2,(H,8,9). The highest BCUT2D eigenvalue weighted by atomic mass is 16.4. The third kappa shape index (κ3) is 3.22. The molecule has 0 fully saturated rings. The lowest BCUT2D eigenvalue weighted by Crippen LogP contribution is -1.98. The van der Waals surface area contributed by atoms with Crippen molar-refractivity contribution in [2.45, 2.75) is 0 Å². The number of nitrogens with zero attached hydrogens (tertiary/aromatic N) is 1. The van der Waals surface area contributed by atoms with Gasteiger partial charge in [-0.3, -0.25) is 4.99 Å². The molecule has 0 aliphatic carbocycles. The van der Waals surface area contributed by atoms with Gasteiger partial charge in [-0.25, -0.2) is 4.79 Å². The number of aliphatic carboxylic acids is 1. The van der Waals surface area contributed by atoms with Gasteiger partial charge in [-0.2, -0.15) is 0 Å². The van der Waals surface area contributed by atoms with Gasteiger partial charge in [0.25, 0.3) is 0 Å². The fourth-order valence-electron chi connectivity index (χ4n) is 0.198. The zero-order chi connectivity index (χ0) is 7.28. The zero-order valence-corrected chi connectivity index (χ0v) is 4.87. The van der Waals surface area contributed by atoms with Gasteiger partial charge in [0, 0.05) is 12.4 Å². The fraction of sp³-hybridized carbons (Fsp3) is 0. The Labute approximate surface area is 53.0 Å². The summed E-state index contributed by atoms with van der Waals surface area (Å²) in [5, 5.41) is 8.18. The largest absolute Gasteiger partial charge is 0.478 e. The highest BCUT2D eigenvalue weighted by Gasteiger charge is 1.96. The molecule has 0 aromatic heterocycles. The first-order valence-corrected chi connectivity index (χ1v) is 2.24. The minimum absolute atomic E-state index is 0.0464. The Morgan fingerprint density at radius 3 is 2.56 bits per heavy atom. The summed E-state index contributed by atoms with van der Waals surface area (Å²) in [5.74, 6) is -1.07. The van der Waals surface area contributed by atoms with Gasteiger partial charge in [0.15, 0.2) is 0 Å². The zero-order valence-electron chi connectivity index (χ0n) is 4.87. The van der Waals surface area contributed by atoms with Crippen molar-refractivity contribution in [1.82, 2.24) is 0 Å². The molecule has 0 heterocycles. The summed E-state index contributed by atoms with van der Waals surface area (Å²) in [7, 11) is 0. The Bertz CT molecular complexity index is 170. The Morgan fingerprint density at radius 2 is 2.22 bits per heavy atom. The summed E-state index contributed by atoms with van der Waals surface area (Å²) in [6.45, 7) is 6.46. The fourth-order valence-corrected chi connectivity index (χ4v) is 0.198. The molecule has 9 heavy (non-hydrogen) atoms. The molecular weight excluding hydrogens is 118 g/mol. The molecule has 0 aromatic carbocycles. The predicted octanol–water partition coefficient (Wildman–Crippen LogP) is 0.842. The van der Waals surface area contributed by atoms with E-state index in [-0.39, 0.29) is 5.57 Å². The Morgan fingerprint density at radius 1 is 1.67 bits per heavy atom. The molecule has 0 unspecified atom stereocenters. The summed E-state index contributed by atoms with van der Waals surface area (Å²) in [6.07, 6.45) is 2.38. The Balaban J connectivity index is 3.92. The van der Waals surface area contributed by atoms with Gasteiger partial charge >= 0.3 is 5.97 Å². The molecule has 0 aliphatic heterocycles. The van der Waals surface area contributed by atoms with Crippen LogP contribution in [0.25, 0.3) is 0 Å². The summed E-state index contributed by atoms with van der Waals surface area (Å²) in [4.78, 5) is 13.4. The first-order chi connectivity index (χ1) is 4.18. The second-order valence-electron chi connectivity index (χ2n) is 1.29. The van der Waals surface area contributed by atoms with E-state index in [1.807, 2.05) is 0 Å². The molecule has 0 atom stereocenters. The number of carboxylic acid groups (broad SMARTS) is 1. The summed E-state index contributed by atoms with van der Waals surface area (Å²) in [6, 6.07) is 0. The van der Waals surface area contributed by atoms with Crippen LogP contribution in [-0.2, 0) is 4.79 Å². The molecule has 1 N–H and O–H groups in total. The monoisotopic (exact) mass is 125 g/mol. The predicted molar refractivity (Wildman–Crippen MR) is 35.5 cm³/mol. The van der Waals surface area contributed by atoms with Gasteiger partial charge in [-0.1, -0.05) is 13.2 Å². The van der Waals surface area contributed by atoms with Crippen molar-refractivity contribution in [3.05, 3.63) is 24.9 Å². The van der Waals surface area contributed by atoms with Gasteiger partial charge in [0.1, 0.15) is 0 Å². The number of hydrogen-bond donors (Lipinski definition) is 1. The minimum Gasteiger partial charge on any atom is -0.478 e.